The van der Waals surface area contributed by atoms with E-state index < -0.39 is 0 Å². The summed E-state index contributed by atoms with van der Waals surface area (Å²) in [7, 11) is 0. The third kappa shape index (κ3) is 3.95. The number of rotatable bonds is 5. The molecule has 0 fully saturated rings. The summed E-state index contributed by atoms with van der Waals surface area (Å²) in [5.74, 6) is 1.01. The Labute approximate surface area is 161 Å². The number of hydrogen-bond donors (Lipinski definition) is 3. The van der Waals surface area contributed by atoms with Gasteiger partial charge in [-0.3, -0.25) is 4.79 Å². The van der Waals surface area contributed by atoms with Crippen LogP contribution in [0.3, 0.4) is 0 Å². The molecule has 0 saturated carbocycles. The van der Waals surface area contributed by atoms with E-state index in [4.69, 9.17) is 9.15 Å². The molecule has 0 radical (unpaired) electrons. The number of imidazole rings is 1. The van der Waals surface area contributed by atoms with E-state index in [1.54, 1.807) is 30.3 Å². The summed E-state index contributed by atoms with van der Waals surface area (Å²) in [6, 6.07) is 15.8. The van der Waals surface area contributed by atoms with Gasteiger partial charge in [0.2, 0.25) is 0 Å². The highest BCUT2D eigenvalue weighted by atomic mass is 79.9. The summed E-state index contributed by atoms with van der Waals surface area (Å²) in [5, 5.41) is 2.74. The Hall–Kier alpha value is -3.26. The molecule has 0 saturated heterocycles. The second-order valence-corrected chi connectivity index (χ2v) is 6.72. The third-order valence-electron chi connectivity index (χ3n) is 3.84. The van der Waals surface area contributed by atoms with E-state index in [1.165, 1.54) is 0 Å². The maximum atomic E-state index is 12.4. The quantitative estimate of drug-likeness (QED) is 0.447. The lowest BCUT2D eigenvalue weighted by Gasteiger charge is -2.05. The summed E-state index contributed by atoms with van der Waals surface area (Å²) in [4.78, 5) is 28.9. The van der Waals surface area contributed by atoms with E-state index in [2.05, 4.69) is 31.2 Å². The number of carbonyl (C=O) groups is 1. The molecule has 0 bridgehead atoms. The number of aromatic nitrogens is 2. The zero-order chi connectivity index (χ0) is 18.8. The average Bonchev–Trinajstić information content (AvgIpc) is 3.25. The molecule has 4 rings (SSSR count). The van der Waals surface area contributed by atoms with Crippen LogP contribution in [0.15, 0.2) is 68.3 Å². The van der Waals surface area contributed by atoms with Gasteiger partial charge < -0.3 is 24.4 Å². The molecule has 4 aromatic rings. The molecule has 0 atom stereocenters. The second kappa shape index (κ2) is 7.16. The van der Waals surface area contributed by atoms with Gasteiger partial charge in [-0.1, -0.05) is 22.0 Å². The highest BCUT2D eigenvalue weighted by Crippen LogP contribution is 2.20. The maximum Gasteiger partial charge on any atom is 0.323 e. The van der Waals surface area contributed by atoms with E-state index in [0.717, 1.165) is 4.47 Å². The molecule has 0 aliphatic rings. The Morgan fingerprint density at radius 2 is 1.93 bits per heavy atom. The first-order valence-electron chi connectivity index (χ1n) is 8.07. The Kier molecular flexibility index (Phi) is 4.55. The normalized spacial score (nSPS) is 10.9. The first-order chi connectivity index (χ1) is 13.1. The molecular formula is C19H14BrN3O4. The Morgan fingerprint density at radius 1 is 1.07 bits per heavy atom. The molecule has 2 heterocycles. The smallest absolute Gasteiger partial charge is 0.323 e. The highest BCUT2D eigenvalue weighted by molar-refractivity contribution is 9.10. The molecule has 0 unspecified atom stereocenters. The molecule has 3 N–H and O–H groups in total. The van der Waals surface area contributed by atoms with Crippen LogP contribution in [0.2, 0.25) is 0 Å². The van der Waals surface area contributed by atoms with Crippen molar-refractivity contribution in [3.63, 3.8) is 0 Å². The van der Waals surface area contributed by atoms with Crippen LogP contribution in [0.1, 0.15) is 16.3 Å². The van der Waals surface area contributed by atoms with E-state index in [-0.39, 0.29) is 24.0 Å². The van der Waals surface area contributed by atoms with Crippen LogP contribution in [-0.2, 0) is 6.61 Å². The molecule has 27 heavy (non-hydrogen) atoms. The van der Waals surface area contributed by atoms with Crippen molar-refractivity contribution >= 4 is 38.6 Å². The van der Waals surface area contributed by atoms with Crippen LogP contribution in [-0.4, -0.2) is 15.9 Å². The van der Waals surface area contributed by atoms with Crippen LogP contribution >= 0.6 is 15.9 Å². The molecule has 136 valence electrons. The van der Waals surface area contributed by atoms with E-state index in [1.807, 2.05) is 24.3 Å². The number of halogens is 1. The summed E-state index contributed by atoms with van der Waals surface area (Å²) < 4.78 is 12.1. The lowest BCUT2D eigenvalue weighted by Crippen LogP contribution is -2.10. The number of hydrogen-bond acceptors (Lipinski definition) is 4. The Balaban J connectivity index is 1.42. The van der Waals surface area contributed by atoms with Crippen molar-refractivity contribution < 1.29 is 13.9 Å². The lowest BCUT2D eigenvalue weighted by molar-refractivity contribution is 0.0992. The van der Waals surface area contributed by atoms with Crippen molar-refractivity contribution in [3.05, 3.63) is 81.1 Å². The SMILES string of the molecule is O=C(Nc1ccc2[nH]c(=O)[nH]c2c1)c1ccc(COc2cccc(Br)c2)o1. The Bertz CT molecular complexity index is 1170. The van der Waals surface area contributed by atoms with Crippen molar-refractivity contribution in [1.29, 1.82) is 0 Å². The van der Waals surface area contributed by atoms with Crippen molar-refractivity contribution in [3.8, 4) is 5.75 Å². The number of ether oxygens (including phenoxy) is 1. The maximum absolute atomic E-state index is 12.4. The van der Waals surface area contributed by atoms with Crippen molar-refractivity contribution in [2.24, 2.45) is 0 Å². The van der Waals surface area contributed by atoms with Gasteiger partial charge in [0.1, 0.15) is 18.1 Å². The summed E-state index contributed by atoms with van der Waals surface area (Å²) in [5.41, 5.74) is 1.53. The number of H-pyrrole nitrogens is 2. The number of nitrogens with one attached hydrogen (secondary N) is 3. The van der Waals surface area contributed by atoms with Crippen molar-refractivity contribution in [2.45, 2.75) is 6.61 Å². The molecule has 7 nitrogen and oxygen atoms in total. The van der Waals surface area contributed by atoms with Gasteiger partial charge in [0.05, 0.1) is 11.0 Å². The van der Waals surface area contributed by atoms with Crippen LogP contribution in [0, 0.1) is 0 Å². The summed E-state index contributed by atoms with van der Waals surface area (Å²) in [6.07, 6.45) is 0. The Morgan fingerprint density at radius 3 is 2.78 bits per heavy atom. The topological polar surface area (TPSA) is 100 Å². The number of anilines is 1. The van der Waals surface area contributed by atoms with Crippen LogP contribution in [0.4, 0.5) is 5.69 Å². The summed E-state index contributed by atoms with van der Waals surface area (Å²) in [6.45, 7) is 0.209. The zero-order valence-corrected chi connectivity index (χ0v) is 15.5. The van der Waals surface area contributed by atoms with Gasteiger partial charge in [0, 0.05) is 10.2 Å². The van der Waals surface area contributed by atoms with Gasteiger partial charge in [-0.15, -0.1) is 0 Å². The van der Waals surface area contributed by atoms with E-state index in [0.29, 0.717) is 28.2 Å². The molecule has 2 aromatic carbocycles. The predicted octanol–water partition coefficient (Wildman–Crippen LogP) is 4.04. The predicted molar refractivity (Wildman–Crippen MR) is 104 cm³/mol. The zero-order valence-electron chi connectivity index (χ0n) is 13.9. The number of carbonyl (C=O) groups excluding carboxylic acids is 1. The van der Waals surface area contributed by atoms with Crippen LogP contribution < -0.4 is 15.7 Å². The van der Waals surface area contributed by atoms with E-state index in [9.17, 15) is 9.59 Å². The number of fused-ring (bicyclic) bond motifs is 1. The first kappa shape index (κ1) is 17.2. The molecule has 0 aliphatic carbocycles. The lowest BCUT2D eigenvalue weighted by atomic mass is 10.2. The fourth-order valence-electron chi connectivity index (χ4n) is 2.59. The fraction of sp³-hybridized carbons (Fsp3) is 0.0526. The average molecular weight is 428 g/mol. The molecule has 8 heteroatoms. The largest absolute Gasteiger partial charge is 0.486 e. The minimum Gasteiger partial charge on any atom is -0.486 e. The third-order valence-corrected chi connectivity index (χ3v) is 4.33. The van der Waals surface area contributed by atoms with Crippen molar-refractivity contribution in [2.75, 3.05) is 5.32 Å². The molecule has 0 aliphatic heterocycles. The second-order valence-electron chi connectivity index (χ2n) is 5.81. The number of amides is 1. The monoisotopic (exact) mass is 427 g/mol. The van der Waals surface area contributed by atoms with Gasteiger partial charge in [0.25, 0.3) is 5.91 Å². The standard InChI is InChI=1S/C19H14BrN3O4/c20-11-2-1-3-13(8-11)26-10-14-5-7-17(27-14)18(24)21-12-4-6-15-16(9-12)23-19(25)22-15/h1-9H,10H2,(H,21,24)(H2,22,23,25). The molecule has 1 amide bonds. The van der Waals surface area contributed by atoms with Gasteiger partial charge >= 0.3 is 5.69 Å². The minimum absolute atomic E-state index is 0.172. The van der Waals surface area contributed by atoms with Gasteiger partial charge in [-0.05, 0) is 48.5 Å². The molecule has 2 aromatic heterocycles. The number of aromatic amines is 2. The molecule has 0 spiro atoms. The van der Waals surface area contributed by atoms with Crippen LogP contribution in [0.5, 0.6) is 5.75 Å². The van der Waals surface area contributed by atoms with Gasteiger partial charge in [0.15, 0.2) is 5.76 Å². The van der Waals surface area contributed by atoms with Gasteiger partial charge in [-0.25, -0.2) is 4.79 Å². The minimum atomic E-state index is -0.388. The van der Waals surface area contributed by atoms with Gasteiger partial charge in [-0.2, -0.15) is 0 Å². The molecular weight excluding hydrogens is 414 g/mol. The first-order valence-corrected chi connectivity index (χ1v) is 8.86. The number of furan rings is 1. The summed E-state index contributed by atoms with van der Waals surface area (Å²) >= 11 is 3.38. The highest BCUT2D eigenvalue weighted by Gasteiger charge is 2.12. The van der Waals surface area contributed by atoms with E-state index >= 15 is 0 Å². The fourth-order valence-corrected chi connectivity index (χ4v) is 2.97. The number of benzene rings is 2. The van der Waals surface area contributed by atoms with Crippen molar-refractivity contribution in [1.82, 2.24) is 9.97 Å². The van der Waals surface area contributed by atoms with Crippen LogP contribution in [0.25, 0.3) is 11.0 Å².